The Morgan fingerprint density at radius 2 is 1.47 bits per heavy atom. The van der Waals surface area contributed by atoms with Gasteiger partial charge in [-0.2, -0.15) is 0 Å². The highest BCUT2D eigenvalue weighted by Gasteiger charge is 2.58. The fraction of sp³-hybridized carbons (Fsp3) is 0.962. The molecule has 2 heterocycles. The zero-order chi connectivity index (χ0) is 26.3. The van der Waals surface area contributed by atoms with Crippen molar-refractivity contribution in [2.24, 2.45) is 11.8 Å². The Kier molecular flexibility index (Phi) is 9.03. The van der Waals surface area contributed by atoms with E-state index in [4.69, 9.17) is 23.1 Å². The van der Waals surface area contributed by atoms with Crippen LogP contribution in [0.4, 0.5) is 0 Å². The molecule has 200 valence electrons. The van der Waals surface area contributed by atoms with Crippen molar-refractivity contribution in [1.82, 2.24) is 0 Å². The first-order chi connectivity index (χ1) is 15.2. The van der Waals surface area contributed by atoms with E-state index >= 15 is 0 Å². The second kappa shape index (κ2) is 10.2. The molecule has 8 heteroatoms. The molecule has 1 spiro atoms. The summed E-state index contributed by atoms with van der Waals surface area (Å²) in [5, 5.41) is 0.232. The molecule has 2 aliphatic rings. The van der Waals surface area contributed by atoms with Gasteiger partial charge in [0.1, 0.15) is 6.10 Å². The minimum atomic E-state index is -1.97. The lowest BCUT2D eigenvalue weighted by Crippen LogP contribution is -2.65. The summed E-state index contributed by atoms with van der Waals surface area (Å²) in [5.41, 5.74) is 0. The van der Waals surface area contributed by atoms with Crippen molar-refractivity contribution < 1.29 is 27.9 Å². The average molecular weight is 517 g/mol. The van der Waals surface area contributed by atoms with Crippen LogP contribution in [-0.4, -0.2) is 59.9 Å². The first-order valence-corrected chi connectivity index (χ1v) is 18.9. The summed E-state index contributed by atoms with van der Waals surface area (Å²) in [6.07, 6.45) is 1.00. The number of hydrogen-bond acceptors (Lipinski definition) is 6. The van der Waals surface area contributed by atoms with Crippen LogP contribution in [0.3, 0.4) is 0 Å². The van der Waals surface area contributed by atoms with E-state index < -0.39 is 22.4 Å². The summed E-state index contributed by atoms with van der Waals surface area (Å²) >= 11 is 0. The highest BCUT2D eigenvalue weighted by atomic mass is 28.4. The number of hydrogen-bond donors (Lipinski definition) is 0. The Morgan fingerprint density at radius 1 is 0.941 bits per heavy atom. The summed E-state index contributed by atoms with van der Waals surface area (Å²) in [6.45, 7) is 29.4. The maximum absolute atomic E-state index is 12.0. The lowest BCUT2D eigenvalue weighted by atomic mass is 9.76. The van der Waals surface area contributed by atoms with Crippen LogP contribution in [0.5, 0.6) is 0 Å². The van der Waals surface area contributed by atoms with Crippen LogP contribution in [0.2, 0.25) is 36.3 Å². The quantitative estimate of drug-likeness (QED) is 0.296. The minimum Gasteiger partial charge on any atom is -0.462 e. The monoisotopic (exact) mass is 516 g/mol. The van der Waals surface area contributed by atoms with E-state index in [9.17, 15) is 4.79 Å². The molecule has 0 bridgehead atoms. The molecule has 0 aromatic heterocycles. The van der Waals surface area contributed by atoms with Gasteiger partial charge in [0.2, 0.25) is 0 Å². The van der Waals surface area contributed by atoms with Crippen molar-refractivity contribution in [3.05, 3.63) is 0 Å². The predicted molar refractivity (Wildman–Crippen MR) is 142 cm³/mol. The molecule has 0 aromatic carbocycles. The minimum absolute atomic E-state index is 0.000829. The average Bonchev–Trinajstić information content (AvgIpc) is 2.65. The van der Waals surface area contributed by atoms with Crippen LogP contribution >= 0.6 is 0 Å². The molecule has 6 nitrogen and oxygen atoms in total. The van der Waals surface area contributed by atoms with Gasteiger partial charge in [0, 0.05) is 25.2 Å². The van der Waals surface area contributed by atoms with Crippen LogP contribution in [0.25, 0.3) is 0 Å². The fourth-order valence-electron chi connectivity index (χ4n) is 4.50. The van der Waals surface area contributed by atoms with Gasteiger partial charge in [-0.25, -0.2) is 0 Å². The molecule has 34 heavy (non-hydrogen) atoms. The molecular weight excluding hydrogens is 464 g/mol. The van der Waals surface area contributed by atoms with Crippen molar-refractivity contribution in [3.63, 3.8) is 0 Å². The van der Waals surface area contributed by atoms with Crippen molar-refractivity contribution in [2.75, 3.05) is 13.2 Å². The third-order valence-corrected chi connectivity index (χ3v) is 18.0. The maximum atomic E-state index is 12.0. The number of carbonyl (C=O) groups is 1. The van der Waals surface area contributed by atoms with Gasteiger partial charge in [-0.05, 0) is 42.7 Å². The Bertz CT molecular complexity index is 711. The van der Waals surface area contributed by atoms with E-state index in [0.29, 0.717) is 19.6 Å². The Hall–Kier alpha value is -0.256. The largest absolute Gasteiger partial charge is 0.462 e. The number of ether oxygens (including phenoxy) is 3. The highest BCUT2D eigenvalue weighted by Crippen LogP contribution is 2.49. The summed E-state index contributed by atoms with van der Waals surface area (Å²) in [7, 11) is -3.93. The zero-order valence-corrected chi connectivity index (χ0v) is 26.2. The van der Waals surface area contributed by atoms with E-state index in [1.54, 1.807) is 0 Å². The van der Waals surface area contributed by atoms with E-state index in [-0.39, 0.29) is 46.2 Å². The van der Waals surface area contributed by atoms with Crippen molar-refractivity contribution in [1.29, 1.82) is 0 Å². The molecule has 0 amide bonds. The summed E-state index contributed by atoms with van der Waals surface area (Å²) in [6, 6.07) is 0. The number of rotatable bonds is 6. The van der Waals surface area contributed by atoms with Gasteiger partial charge in [-0.15, -0.1) is 0 Å². The van der Waals surface area contributed by atoms with Gasteiger partial charge in [0.15, 0.2) is 22.4 Å². The van der Waals surface area contributed by atoms with Crippen LogP contribution in [0.1, 0.15) is 75.2 Å². The Balaban J connectivity index is 2.32. The van der Waals surface area contributed by atoms with Crippen molar-refractivity contribution in [2.45, 2.75) is 136 Å². The molecule has 6 atom stereocenters. The normalized spacial score (nSPS) is 33.7. The molecule has 0 saturated carbocycles. The molecule has 0 aromatic rings. The standard InChI is InChI=1S/C26H52O6Si2/c1-18-22(32-34(12,13)25(7,8)9)14-15-28-26(18)19(2)23(30-20(3)27)16-21(31-26)17-29-33(10,11)24(4,5)6/h18-19,21-23H,14-17H2,1-13H3/t18-,19+,21+,22+,23+,26+/m0/s1. The SMILES string of the molecule is CC(=O)O[C@@H]1C[C@H](CO[Si](C)(C)C(C)(C)C)O[C@@]2(OCC[C@@H](O[Si](C)(C)C(C)(C)C)[C@@H]2C)[C@@H]1C. The topological polar surface area (TPSA) is 63.2 Å². The van der Waals surface area contributed by atoms with E-state index in [0.717, 1.165) is 6.42 Å². The third-order valence-electron chi connectivity index (χ3n) is 8.97. The zero-order valence-electron chi connectivity index (χ0n) is 24.2. The van der Waals surface area contributed by atoms with Gasteiger partial charge < -0.3 is 23.1 Å². The van der Waals surface area contributed by atoms with Crippen LogP contribution < -0.4 is 0 Å². The third kappa shape index (κ3) is 6.35. The van der Waals surface area contributed by atoms with Crippen LogP contribution in [-0.2, 0) is 27.9 Å². The van der Waals surface area contributed by atoms with Gasteiger partial charge in [-0.3, -0.25) is 4.79 Å². The van der Waals surface area contributed by atoms with Crippen LogP contribution in [0, 0.1) is 11.8 Å². The fourth-order valence-corrected chi connectivity index (χ4v) is 6.97. The van der Waals surface area contributed by atoms with Gasteiger partial charge in [0.25, 0.3) is 0 Å². The summed E-state index contributed by atoms with van der Waals surface area (Å²) < 4.78 is 32.5. The van der Waals surface area contributed by atoms with Crippen LogP contribution in [0.15, 0.2) is 0 Å². The first kappa shape index (κ1) is 30.0. The van der Waals surface area contributed by atoms with Crippen molar-refractivity contribution >= 4 is 22.6 Å². The molecule has 2 aliphatic heterocycles. The highest BCUT2D eigenvalue weighted by molar-refractivity contribution is 6.74. The lowest BCUT2D eigenvalue weighted by Gasteiger charge is -2.56. The van der Waals surface area contributed by atoms with Crippen molar-refractivity contribution in [3.8, 4) is 0 Å². The molecule has 0 aliphatic carbocycles. The van der Waals surface area contributed by atoms with E-state index in [2.05, 4.69) is 81.6 Å². The summed E-state index contributed by atoms with van der Waals surface area (Å²) in [4.78, 5) is 12.0. The molecule has 2 saturated heterocycles. The number of carbonyl (C=O) groups excluding carboxylic acids is 1. The summed E-state index contributed by atoms with van der Waals surface area (Å²) in [5.74, 6) is -1.25. The van der Waals surface area contributed by atoms with E-state index in [1.807, 2.05) is 0 Å². The van der Waals surface area contributed by atoms with E-state index in [1.165, 1.54) is 6.92 Å². The predicted octanol–water partition coefficient (Wildman–Crippen LogP) is 6.51. The molecule has 0 unspecified atom stereocenters. The molecule has 0 N–H and O–H groups in total. The maximum Gasteiger partial charge on any atom is 0.302 e. The Labute approximate surface area is 211 Å². The van der Waals surface area contributed by atoms with Gasteiger partial charge >= 0.3 is 5.97 Å². The molecular formula is C26H52O6Si2. The molecule has 2 fully saturated rings. The van der Waals surface area contributed by atoms with Gasteiger partial charge in [-0.1, -0.05) is 55.4 Å². The first-order valence-electron chi connectivity index (χ1n) is 13.0. The second-order valence-corrected chi connectivity index (χ2v) is 23.1. The molecule has 2 rings (SSSR count). The van der Waals surface area contributed by atoms with Gasteiger partial charge in [0.05, 0.1) is 25.4 Å². The molecule has 0 radical (unpaired) electrons. The smallest absolute Gasteiger partial charge is 0.302 e. The Morgan fingerprint density at radius 3 is 1.97 bits per heavy atom. The second-order valence-electron chi connectivity index (χ2n) is 13.5. The number of esters is 1. The lowest BCUT2D eigenvalue weighted by molar-refractivity contribution is -0.369.